The van der Waals surface area contributed by atoms with E-state index >= 15 is 0 Å². The monoisotopic (exact) mass is 707 g/mol. The van der Waals surface area contributed by atoms with Crippen molar-refractivity contribution in [1.82, 2.24) is 5.32 Å². The third kappa shape index (κ3) is 10.6. The largest absolute Gasteiger partial charge is 0.462 e. The first-order chi connectivity index (χ1) is 23.3. The number of hydrogen-bond donors (Lipinski definition) is 3. The van der Waals surface area contributed by atoms with Crippen LogP contribution in [0.2, 0.25) is 0 Å². The SMILES string of the molecule is CCCC/C=C\CCCCCCCC(=O)OC1CCC2(C)C(CCC3C2CC(O)C2(C)C(C(C)CCC(=O)NCCS(=O)(=O)O)CCC32)C1. The highest BCUT2D eigenvalue weighted by Crippen LogP contribution is 2.68. The predicted molar refractivity (Wildman–Crippen MR) is 195 cm³/mol. The van der Waals surface area contributed by atoms with E-state index in [1.807, 2.05) is 0 Å². The van der Waals surface area contributed by atoms with Gasteiger partial charge in [0.1, 0.15) is 6.10 Å². The minimum absolute atomic E-state index is 0.0216. The van der Waals surface area contributed by atoms with Crippen molar-refractivity contribution in [2.24, 2.45) is 46.3 Å². The van der Waals surface area contributed by atoms with E-state index < -0.39 is 15.9 Å². The number of ether oxygens (including phenoxy) is 1. The van der Waals surface area contributed by atoms with Gasteiger partial charge in [-0.25, -0.2) is 0 Å². The van der Waals surface area contributed by atoms with E-state index in [2.05, 4.69) is 45.2 Å². The number of unbranched alkanes of at least 4 members (excludes halogenated alkanes) is 7. The molecule has 4 rings (SSSR count). The van der Waals surface area contributed by atoms with Crippen molar-refractivity contribution in [1.29, 1.82) is 0 Å². The third-order valence-corrected chi connectivity index (χ3v) is 14.7. The minimum Gasteiger partial charge on any atom is -0.462 e. The molecule has 0 spiro atoms. The van der Waals surface area contributed by atoms with Crippen LogP contribution in [0.1, 0.15) is 156 Å². The molecule has 9 heteroatoms. The molecule has 49 heavy (non-hydrogen) atoms. The topological polar surface area (TPSA) is 130 Å². The fraction of sp³-hybridized carbons (Fsp3) is 0.900. The lowest BCUT2D eigenvalue weighted by Crippen LogP contribution is -2.59. The van der Waals surface area contributed by atoms with Gasteiger partial charge >= 0.3 is 5.97 Å². The van der Waals surface area contributed by atoms with E-state index in [1.165, 1.54) is 57.8 Å². The van der Waals surface area contributed by atoms with Crippen molar-refractivity contribution in [3.63, 3.8) is 0 Å². The fourth-order valence-corrected chi connectivity index (χ4v) is 11.4. The number of aliphatic hydroxyl groups is 1. The molecule has 0 saturated heterocycles. The number of fused-ring (bicyclic) bond motifs is 5. The van der Waals surface area contributed by atoms with Crippen LogP contribution in [-0.4, -0.2) is 54.5 Å². The van der Waals surface area contributed by atoms with Crippen molar-refractivity contribution in [3.8, 4) is 0 Å². The summed E-state index contributed by atoms with van der Waals surface area (Å²) in [7, 11) is -4.09. The smallest absolute Gasteiger partial charge is 0.306 e. The summed E-state index contributed by atoms with van der Waals surface area (Å²) in [5.74, 6) is 2.03. The van der Waals surface area contributed by atoms with Gasteiger partial charge in [0.05, 0.1) is 11.9 Å². The highest BCUT2D eigenvalue weighted by molar-refractivity contribution is 7.85. The van der Waals surface area contributed by atoms with E-state index in [4.69, 9.17) is 9.29 Å². The number of allylic oxidation sites excluding steroid dienone is 2. The average molecular weight is 708 g/mol. The Kier molecular flexibility index (Phi) is 15.1. The van der Waals surface area contributed by atoms with Crippen LogP contribution in [0, 0.1) is 46.3 Å². The van der Waals surface area contributed by atoms with E-state index in [0.717, 1.165) is 51.4 Å². The van der Waals surface area contributed by atoms with Gasteiger partial charge in [0.2, 0.25) is 5.91 Å². The summed E-state index contributed by atoms with van der Waals surface area (Å²) in [5, 5.41) is 14.5. The van der Waals surface area contributed by atoms with Crippen molar-refractivity contribution in [2.45, 2.75) is 168 Å². The van der Waals surface area contributed by atoms with Gasteiger partial charge < -0.3 is 15.2 Å². The summed E-state index contributed by atoms with van der Waals surface area (Å²) >= 11 is 0. The van der Waals surface area contributed by atoms with Crippen LogP contribution in [0.25, 0.3) is 0 Å². The molecule has 4 saturated carbocycles. The molecule has 282 valence electrons. The maximum Gasteiger partial charge on any atom is 0.306 e. The molecular weight excluding hydrogens is 639 g/mol. The predicted octanol–water partition coefficient (Wildman–Crippen LogP) is 8.43. The van der Waals surface area contributed by atoms with Gasteiger partial charge in [-0.2, -0.15) is 8.42 Å². The molecule has 4 aliphatic carbocycles. The normalized spacial score (nSPS) is 34.9. The second-order valence-electron chi connectivity index (χ2n) is 16.9. The van der Waals surface area contributed by atoms with E-state index in [-0.39, 0.29) is 47.4 Å². The number of hydrogen-bond acceptors (Lipinski definition) is 6. The van der Waals surface area contributed by atoms with Crippen LogP contribution in [-0.2, 0) is 24.4 Å². The zero-order valence-corrected chi connectivity index (χ0v) is 32.0. The van der Waals surface area contributed by atoms with Gasteiger partial charge in [0.25, 0.3) is 10.1 Å². The van der Waals surface area contributed by atoms with Gasteiger partial charge in [-0.15, -0.1) is 0 Å². The van der Waals surface area contributed by atoms with Crippen LogP contribution in [0.4, 0.5) is 0 Å². The van der Waals surface area contributed by atoms with Crippen LogP contribution >= 0.6 is 0 Å². The zero-order valence-electron chi connectivity index (χ0n) is 31.2. The second kappa shape index (κ2) is 18.3. The Morgan fingerprint density at radius 2 is 1.63 bits per heavy atom. The number of rotatable bonds is 19. The molecule has 0 radical (unpaired) electrons. The Bertz CT molecular complexity index is 1200. The number of amides is 1. The summed E-state index contributed by atoms with van der Waals surface area (Å²) in [5.41, 5.74) is 0.00636. The molecule has 1 amide bonds. The molecule has 0 aromatic rings. The lowest BCUT2D eigenvalue weighted by Gasteiger charge is -2.62. The highest BCUT2D eigenvalue weighted by Gasteiger charge is 2.63. The Balaban J connectivity index is 1.20. The average Bonchev–Trinajstić information content (AvgIpc) is 3.41. The van der Waals surface area contributed by atoms with E-state index in [9.17, 15) is 23.1 Å². The second-order valence-corrected chi connectivity index (χ2v) is 18.5. The Morgan fingerprint density at radius 1 is 0.918 bits per heavy atom. The Labute approximate surface area is 298 Å². The number of carbonyl (C=O) groups is 2. The van der Waals surface area contributed by atoms with Crippen molar-refractivity contribution >= 4 is 22.0 Å². The highest BCUT2D eigenvalue weighted by atomic mass is 32.2. The molecule has 0 aromatic heterocycles. The molecule has 10 unspecified atom stereocenters. The lowest BCUT2D eigenvalue weighted by atomic mass is 9.43. The van der Waals surface area contributed by atoms with Crippen molar-refractivity contribution in [3.05, 3.63) is 12.2 Å². The van der Waals surface area contributed by atoms with E-state index in [0.29, 0.717) is 48.9 Å². The van der Waals surface area contributed by atoms with Crippen LogP contribution in [0.15, 0.2) is 12.2 Å². The molecule has 4 fully saturated rings. The third-order valence-electron chi connectivity index (χ3n) is 13.9. The Hall–Kier alpha value is -1.45. The first kappa shape index (κ1) is 40.3. The lowest BCUT2D eigenvalue weighted by molar-refractivity contribution is -0.181. The van der Waals surface area contributed by atoms with Crippen molar-refractivity contribution < 1.29 is 32.4 Å². The fourth-order valence-electron chi connectivity index (χ4n) is 11.1. The first-order valence-corrected chi connectivity index (χ1v) is 21.6. The molecular formula is C40H69NO7S. The molecule has 10 atom stereocenters. The number of esters is 1. The summed E-state index contributed by atoms with van der Waals surface area (Å²) in [6.45, 7) is 9.14. The molecule has 4 aliphatic rings. The van der Waals surface area contributed by atoms with Gasteiger partial charge in [-0.1, -0.05) is 72.0 Å². The van der Waals surface area contributed by atoms with Gasteiger partial charge in [-0.3, -0.25) is 14.1 Å². The summed E-state index contributed by atoms with van der Waals surface area (Å²) in [6.07, 6.45) is 24.8. The first-order valence-electron chi connectivity index (χ1n) is 20.0. The van der Waals surface area contributed by atoms with Gasteiger partial charge in [0.15, 0.2) is 0 Å². The maximum atomic E-state index is 12.8. The van der Waals surface area contributed by atoms with Crippen molar-refractivity contribution in [2.75, 3.05) is 12.3 Å². The summed E-state index contributed by atoms with van der Waals surface area (Å²) in [4.78, 5) is 25.2. The zero-order chi connectivity index (χ0) is 35.7. The van der Waals surface area contributed by atoms with Crippen LogP contribution < -0.4 is 5.32 Å². The molecule has 0 bridgehead atoms. The molecule has 0 aromatic carbocycles. The molecule has 0 aliphatic heterocycles. The molecule has 8 nitrogen and oxygen atoms in total. The standard InChI is InChI=1S/C40H69NO7S/c1-5-6-7-8-9-10-11-12-13-14-15-16-38(44)48-31-23-24-39(3)30(27-31)18-19-32-34-21-20-33(40(34,4)36(42)28-35(32)39)29(2)17-22-37(43)41-25-26-49(45,46)47/h8-9,29-36,42H,5-7,10-28H2,1-4H3,(H,41,43)(H,45,46,47)/b9-8-. The summed E-state index contributed by atoms with van der Waals surface area (Å²) < 4.78 is 36.9. The number of nitrogens with one attached hydrogen (secondary N) is 1. The molecule has 3 N–H and O–H groups in total. The van der Waals surface area contributed by atoms with Crippen LogP contribution in [0.3, 0.4) is 0 Å². The van der Waals surface area contributed by atoms with Gasteiger partial charge in [-0.05, 0) is 130 Å². The molecule has 0 heterocycles. The van der Waals surface area contributed by atoms with Gasteiger partial charge in [0, 0.05) is 19.4 Å². The quantitative estimate of drug-likeness (QED) is 0.0532. The summed E-state index contributed by atoms with van der Waals surface area (Å²) in [6, 6.07) is 0. The maximum absolute atomic E-state index is 12.8. The minimum atomic E-state index is -4.09. The van der Waals surface area contributed by atoms with Crippen LogP contribution in [0.5, 0.6) is 0 Å². The Morgan fingerprint density at radius 3 is 2.37 bits per heavy atom. The van der Waals surface area contributed by atoms with E-state index in [1.54, 1.807) is 0 Å². The number of carbonyl (C=O) groups excluding carboxylic acids is 2. The number of aliphatic hydroxyl groups excluding tert-OH is 1.